The first-order valence-corrected chi connectivity index (χ1v) is 9.54. The van der Waals surface area contributed by atoms with Gasteiger partial charge in [0.15, 0.2) is 0 Å². The van der Waals surface area contributed by atoms with E-state index in [2.05, 4.69) is 22.7 Å². The summed E-state index contributed by atoms with van der Waals surface area (Å²) in [6.45, 7) is 7.30. The summed E-state index contributed by atoms with van der Waals surface area (Å²) in [5.41, 5.74) is 2.72. The maximum Gasteiger partial charge on any atom is 0.344 e. The Morgan fingerprint density at radius 3 is 2.50 bits per heavy atom. The molecule has 1 aliphatic carbocycles. The molecular formula is C19H26N4O5. The van der Waals surface area contributed by atoms with Gasteiger partial charge in [0.1, 0.15) is 11.2 Å². The number of amides is 4. The van der Waals surface area contributed by atoms with E-state index in [4.69, 9.17) is 4.74 Å². The molecule has 0 radical (unpaired) electrons. The van der Waals surface area contributed by atoms with Crippen molar-refractivity contribution in [3.05, 3.63) is 22.5 Å². The summed E-state index contributed by atoms with van der Waals surface area (Å²) < 4.78 is 5.01. The summed E-state index contributed by atoms with van der Waals surface area (Å²) >= 11 is 0. The Morgan fingerprint density at radius 1 is 1.25 bits per heavy atom. The van der Waals surface area contributed by atoms with Crippen molar-refractivity contribution in [3.8, 4) is 0 Å². The van der Waals surface area contributed by atoms with E-state index in [-0.39, 0.29) is 17.9 Å². The second-order valence-corrected chi connectivity index (χ2v) is 7.62. The molecule has 4 amide bonds. The summed E-state index contributed by atoms with van der Waals surface area (Å²) in [5, 5.41) is 3.50. The van der Waals surface area contributed by atoms with Gasteiger partial charge in [0.05, 0.1) is 12.2 Å². The number of aryl methyl sites for hydroxylation is 1. The van der Waals surface area contributed by atoms with Crippen LogP contribution in [0.4, 0.5) is 4.79 Å². The maximum absolute atomic E-state index is 12.9. The molecule has 1 aromatic heterocycles. The fourth-order valence-electron chi connectivity index (χ4n) is 3.96. The number of nitrogens with zero attached hydrogens (tertiary/aromatic N) is 1. The number of carbonyl (C=O) groups excluding carboxylic acids is 4. The number of hydrogen-bond acceptors (Lipinski definition) is 5. The molecule has 2 heterocycles. The van der Waals surface area contributed by atoms with Gasteiger partial charge in [-0.05, 0) is 57.9 Å². The number of aromatic nitrogens is 1. The van der Waals surface area contributed by atoms with Gasteiger partial charge in [-0.15, -0.1) is 0 Å². The summed E-state index contributed by atoms with van der Waals surface area (Å²) in [6, 6.07) is -0.639. The van der Waals surface area contributed by atoms with E-state index in [0.717, 1.165) is 17.9 Å². The highest BCUT2D eigenvalue weighted by Crippen LogP contribution is 2.35. The Morgan fingerprint density at radius 2 is 1.89 bits per heavy atom. The second kappa shape index (κ2) is 7.29. The van der Waals surface area contributed by atoms with Crippen molar-refractivity contribution in [2.75, 3.05) is 6.61 Å². The molecule has 0 aromatic carbocycles. The molecule has 3 rings (SSSR count). The van der Waals surface area contributed by atoms with Crippen LogP contribution in [0, 0.1) is 19.8 Å². The third-order valence-corrected chi connectivity index (χ3v) is 5.65. The molecule has 3 N–H and O–H groups in total. The lowest BCUT2D eigenvalue weighted by atomic mass is 9.77. The first-order chi connectivity index (χ1) is 13.2. The van der Waals surface area contributed by atoms with Crippen molar-refractivity contribution in [3.63, 3.8) is 0 Å². The maximum atomic E-state index is 12.9. The van der Waals surface area contributed by atoms with Gasteiger partial charge in [0.25, 0.3) is 11.8 Å². The molecule has 0 bridgehead atoms. The number of nitrogens with one attached hydrogen (secondary N) is 3. The number of urea groups is 1. The summed E-state index contributed by atoms with van der Waals surface area (Å²) in [7, 11) is 0. The molecule has 1 spiro atoms. The van der Waals surface area contributed by atoms with Crippen LogP contribution in [0.1, 0.15) is 71.6 Å². The quantitative estimate of drug-likeness (QED) is 0.536. The van der Waals surface area contributed by atoms with Crippen LogP contribution in [-0.4, -0.2) is 46.0 Å². The van der Waals surface area contributed by atoms with Gasteiger partial charge in [-0.3, -0.25) is 15.0 Å². The first-order valence-electron chi connectivity index (χ1n) is 9.54. The standard InChI is InChI=1S/C19H26N4O5/c1-5-28-16(25)13-11(3)14(20-12(13)4)15(24)22-23-17(26)19(21-18(23)27)8-6-10(2)7-9-19/h10,20H,5-9H2,1-4H3,(H,21,27)(H,22,24). The highest BCUT2D eigenvalue weighted by Gasteiger charge is 2.53. The number of esters is 1. The number of hydrazine groups is 1. The fourth-order valence-corrected chi connectivity index (χ4v) is 3.96. The van der Waals surface area contributed by atoms with Crippen LogP contribution in [0.3, 0.4) is 0 Å². The predicted molar refractivity (Wildman–Crippen MR) is 99.4 cm³/mol. The molecule has 9 nitrogen and oxygen atoms in total. The minimum absolute atomic E-state index is 0.111. The molecule has 0 atom stereocenters. The Balaban J connectivity index is 1.78. The van der Waals surface area contributed by atoms with E-state index in [0.29, 0.717) is 30.0 Å². The van der Waals surface area contributed by atoms with E-state index < -0.39 is 29.4 Å². The normalized spacial score (nSPS) is 24.4. The monoisotopic (exact) mass is 390 g/mol. The number of imide groups is 1. The molecule has 152 valence electrons. The fraction of sp³-hybridized carbons (Fsp3) is 0.579. The van der Waals surface area contributed by atoms with Gasteiger partial charge >= 0.3 is 12.0 Å². The Hall–Kier alpha value is -2.84. The highest BCUT2D eigenvalue weighted by molar-refractivity contribution is 6.09. The molecule has 28 heavy (non-hydrogen) atoms. The van der Waals surface area contributed by atoms with Crippen LogP contribution >= 0.6 is 0 Å². The van der Waals surface area contributed by atoms with E-state index in [9.17, 15) is 19.2 Å². The molecule has 0 unspecified atom stereocenters. The topological polar surface area (TPSA) is 121 Å². The number of ether oxygens (including phenoxy) is 1. The third-order valence-electron chi connectivity index (χ3n) is 5.65. The minimum atomic E-state index is -0.937. The van der Waals surface area contributed by atoms with Crippen LogP contribution in [0.15, 0.2) is 0 Å². The second-order valence-electron chi connectivity index (χ2n) is 7.62. The summed E-state index contributed by atoms with van der Waals surface area (Å²) in [4.78, 5) is 52.9. The van der Waals surface area contributed by atoms with E-state index >= 15 is 0 Å². The van der Waals surface area contributed by atoms with Gasteiger partial charge in [0, 0.05) is 5.69 Å². The number of hydrogen-bond donors (Lipinski definition) is 3. The molecule has 1 aromatic rings. The third kappa shape index (κ3) is 3.25. The number of H-pyrrole nitrogens is 1. The minimum Gasteiger partial charge on any atom is -0.462 e. The Bertz CT molecular complexity index is 836. The molecule has 2 fully saturated rings. The Labute approximate surface area is 163 Å². The van der Waals surface area contributed by atoms with Gasteiger partial charge in [0.2, 0.25) is 0 Å². The zero-order valence-electron chi connectivity index (χ0n) is 16.6. The van der Waals surface area contributed by atoms with Gasteiger partial charge < -0.3 is 15.0 Å². The Kier molecular flexibility index (Phi) is 5.18. The van der Waals surface area contributed by atoms with Crippen molar-refractivity contribution in [2.45, 2.75) is 58.9 Å². The molecule has 1 aliphatic heterocycles. The lowest BCUT2D eigenvalue weighted by molar-refractivity contribution is -0.134. The van der Waals surface area contributed by atoms with Crippen molar-refractivity contribution in [1.82, 2.24) is 20.7 Å². The van der Waals surface area contributed by atoms with Crippen LogP contribution in [0.25, 0.3) is 0 Å². The van der Waals surface area contributed by atoms with Crippen molar-refractivity contribution in [1.29, 1.82) is 0 Å². The summed E-state index contributed by atoms with van der Waals surface area (Å²) in [6.07, 6.45) is 2.79. The molecule has 2 aliphatic rings. The van der Waals surface area contributed by atoms with Crippen molar-refractivity contribution >= 4 is 23.8 Å². The van der Waals surface area contributed by atoms with Crippen molar-refractivity contribution in [2.24, 2.45) is 5.92 Å². The molecule has 1 saturated heterocycles. The van der Waals surface area contributed by atoms with E-state index in [1.54, 1.807) is 20.8 Å². The number of rotatable bonds is 4. The zero-order chi connectivity index (χ0) is 20.6. The first kappa shape index (κ1) is 19.9. The number of carbonyl (C=O) groups is 4. The highest BCUT2D eigenvalue weighted by atomic mass is 16.5. The lowest BCUT2D eigenvalue weighted by Crippen LogP contribution is -2.51. The van der Waals surface area contributed by atoms with Gasteiger partial charge in [-0.1, -0.05) is 6.92 Å². The lowest BCUT2D eigenvalue weighted by Gasteiger charge is -2.33. The average Bonchev–Trinajstić information content (AvgIpc) is 3.06. The van der Waals surface area contributed by atoms with Gasteiger partial charge in [-0.2, -0.15) is 5.01 Å². The number of aromatic amines is 1. The van der Waals surface area contributed by atoms with Crippen LogP contribution < -0.4 is 10.7 Å². The van der Waals surface area contributed by atoms with Gasteiger partial charge in [-0.25, -0.2) is 9.59 Å². The smallest absolute Gasteiger partial charge is 0.344 e. The predicted octanol–water partition coefficient (Wildman–Crippen LogP) is 1.95. The van der Waals surface area contributed by atoms with E-state index in [1.165, 1.54) is 0 Å². The summed E-state index contributed by atoms with van der Waals surface area (Å²) in [5.74, 6) is -1.13. The molecular weight excluding hydrogens is 364 g/mol. The van der Waals surface area contributed by atoms with Crippen LogP contribution in [-0.2, 0) is 9.53 Å². The van der Waals surface area contributed by atoms with Crippen LogP contribution in [0.5, 0.6) is 0 Å². The molecule has 1 saturated carbocycles. The van der Waals surface area contributed by atoms with Crippen LogP contribution in [0.2, 0.25) is 0 Å². The SMILES string of the molecule is CCOC(=O)c1c(C)[nH]c(C(=O)NN2C(=O)NC3(CCC(C)CC3)C2=O)c1C. The average molecular weight is 390 g/mol. The molecule has 9 heteroatoms. The van der Waals surface area contributed by atoms with E-state index in [1.807, 2.05) is 0 Å². The van der Waals surface area contributed by atoms with Crippen molar-refractivity contribution < 1.29 is 23.9 Å². The zero-order valence-corrected chi connectivity index (χ0v) is 16.6. The largest absolute Gasteiger partial charge is 0.462 e.